The Hall–Kier alpha value is -3.21. The van der Waals surface area contributed by atoms with E-state index < -0.39 is 17.6 Å². The van der Waals surface area contributed by atoms with Gasteiger partial charge >= 0.3 is 5.97 Å². The van der Waals surface area contributed by atoms with E-state index in [4.69, 9.17) is 5.26 Å². The predicted molar refractivity (Wildman–Crippen MR) is 90.0 cm³/mol. The summed E-state index contributed by atoms with van der Waals surface area (Å²) < 4.78 is 4.44. The highest BCUT2D eigenvalue weighted by molar-refractivity contribution is 6.43. The van der Waals surface area contributed by atoms with Crippen molar-refractivity contribution in [3.05, 3.63) is 29.3 Å². The lowest BCUT2D eigenvalue weighted by Gasteiger charge is -2.23. The SMILES string of the molecule is CCC(CC)N1C(=O)c2cccc(NN=C(C#N)C(=O)OC)c2C1=O. The number of nitrogens with zero attached hydrogens (tertiary/aromatic N) is 3. The van der Waals surface area contributed by atoms with Crippen LogP contribution in [0.15, 0.2) is 23.3 Å². The normalized spacial score (nSPS) is 13.7. The third-order valence-electron chi connectivity index (χ3n) is 4.03. The van der Waals surface area contributed by atoms with Gasteiger partial charge in [0.25, 0.3) is 11.8 Å². The van der Waals surface area contributed by atoms with Gasteiger partial charge in [0.05, 0.1) is 23.9 Å². The monoisotopic (exact) mass is 342 g/mol. The number of methoxy groups -OCH3 is 1. The highest BCUT2D eigenvalue weighted by Crippen LogP contribution is 2.32. The van der Waals surface area contributed by atoms with Crippen molar-refractivity contribution < 1.29 is 19.1 Å². The molecule has 0 aliphatic carbocycles. The number of nitrogens with one attached hydrogen (secondary N) is 1. The summed E-state index contributed by atoms with van der Waals surface area (Å²) >= 11 is 0. The summed E-state index contributed by atoms with van der Waals surface area (Å²) in [6.45, 7) is 3.83. The molecule has 1 aromatic rings. The number of carbonyl (C=O) groups excluding carboxylic acids is 3. The van der Waals surface area contributed by atoms with Crippen LogP contribution in [0.1, 0.15) is 47.4 Å². The van der Waals surface area contributed by atoms with Crippen LogP contribution in [-0.4, -0.2) is 41.5 Å². The minimum absolute atomic E-state index is 0.185. The molecule has 1 aromatic carbocycles. The van der Waals surface area contributed by atoms with E-state index in [9.17, 15) is 14.4 Å². The van der Waals surface area contributed by atoms with Crippen LogP contribution in [0.3, 0.4) is 0 Å². The second-order valence-corrected chi connectivity index (χ2v) is 5.35. The summed E-state index contributed by atoms with van der Waals surface area (Å²) in [5.74, 6) is -1.66. The fraction of sp³-hybridized carbons (Fsp3) is 0.353. The van der Waals surface area contributed by atoms with Crippen LogP contribution >= 0.6 is 0 Å². The molecule has 0 radical (unpaired) electrons. The number of amides is 2. The fourth-order valence-corrected chi connectivity index (χ4v) is 2.71. The zero-order valence-corrected chi connectivity index (χ0v) is 14.2. The van der Waals surface area contributed by atoms with E-state index >= 15 is 0 Å². The maximum atomic E-state index is 12.8. The van der Waals surface area contributed by atoms with Gasteiger partial charge < -0.3 is 4.74 Å². The van der Waals surface area contributed by atoms with Crippen LogP contribution in [0.4, 0.5) is 5.69 Å². The van der Waals surface area contributed by atoms with Gasteiger partial charge in [0.2, 0.25) is 5.71 Å². The minimum Gasteiger partial charge on any atom is -0.464 e. The average molecular weight is 342 g/mol. The molecule has 0 bridgehead atoms. The second kappa shape index (κ2) is 7.57. The smallest absolute Gasteiger partial charge is 0.369 e. The molecule has 2 amide bonds. The molecule has 2 rings (SSSR count). The molecule has 0 unspecified atom stereocenters. The van der Waals surface area contributed by atoms with Crippen LogP contribution in [0, 0.1) is 11.3 Å². The van der Waals surface area contributed by atoms with Crippen molar-refractivity contribution in [2.75, 3.05) is 12.5 Å². The van der Waals surface area contributed by atoms with Gasteiger partial charge in [0.15, 0.2) is 0 Å². The van der Waals surface area contributed by atoms with E-state index in [0.29, 0.717) is 12.8 Å². The third-order valence-corrected chi connectivity index (χ3v) is 4.03. The first-order valence-corrected chi connectivity index (χ1v) is 7.83. The number of anilines is 1. The van der Waals surface area contributed by atoms with Crippen molar-refractivity contribution >= 4 is 29.2 Å². The van der Waals surface area contributed by atoms with E-state index in [1.165, 1.54) is 4.90 Å². The molecule has 0 saturated heterocycles. The maximum Gasteiger partial charge on any atom is 0.369 e. The van der Waals surface area contributed by atoms with E-state index in [-0.39, 0.29) is 28.8 Å². The Morgan fingerprint density at radius 1 is 1.32 bits per heavy atom. The van der Waals surface area contributed by atoms with Gasteiger partial charge in [0, 0.05) is 6.04 Å². The van der Waals surface area contributed by atoms with Gasteiger partial charge in [0.1, 0.15) is 6.07 Å². The van der Waals surface area contributed by atoms with Gasteiger partial charge in [-0.1, -0.05) is 19.9 Å². The quantitative estimate of drug-likeness (QED) is 0.366. The van der Waals surface area contributed by atoms with E-state index in [2.05, 4.69) is 15.3 Å². The lowest BCUT2D eigenvalue weighted by molar-refractivity contribution is -0.132. The maximum absolute atomic E-state index is 12.8. The summed E-state index contributed by atoms with van der Waals surface area (Å²) in [5.41, 5.74) is 2.74. The van der Waals surface area contributed by atoms with Gasteiger partial charge in [-0.15, -0.1) is 0 Å². The Morgan fingerprint density at radius 2 is 2.00 bits per heavy atom. The van der Waals surface area contributed by atoms with Crippen LogP contribution in [0.2, 0.25) is 0 Å². The number of ether oxygens (including phenoxy) is 1. The molecule has 1 N–H and O–H groups in total. The molecule has 0 aromatic heterocycles. The molecular formula is C17H18N4O4. The number of nitriles is 1. The summed E-state index contributed by atoms with van der Waals surface area (Å²) in [6, 6.07) is 6.14. The first-order valence-electron chi connectivity index (χ1n) is 7.83. The average Bonchev–Trinajstić information content (AvgIpc) is 2.89. The van der Waals surface area contributed by atoms with Crippen LogP contribution in [-0.2, 0) is 9.53 Å². The standard InChI is InChI=1S/C17H18N4O4/c1-4-10(5-2)21-15(22)11-7-6-8-12(14(11)16(21)23)19-20-13(9-18)17(24)25-3/h6-8,10,19H,4-5H2,1-3H3. The number of esters is 1. The number of carbonyl (C=O) groups is 3. The zero-order valence-electron chi connectivity index (χ0n) is 14.2. The lowest BCUT2D eigenvalue weighted by Crippen LogP contribution is -2.39. The first kappa shape index (κ1) is 18.1. The van der Waals surface area contributed by atoms with Crippen molar-refractivity contribution in [3.63, 3.8) is 0 Å². The van der Waals surface area contributed by atoms with Crippen molar-refractivity contribution in [2.45, 2.75) is 32.7 Å². The van der Waals surface area contributed by atoms with Crippen molar-refractivity contribution in [1.29, 1.82) is 5.26 Å². The largest absolute Gasteiger partial charge is 0.464 e. The second-order valence-electron chi connectivity index (χ2n) is 5.35. The van der Waals surface area contributed by atoms with Crippen molar-refractivity contribution in [3.8, 4) is 6.07 Å². The highest BCUT2D eigenvalue weighted by Gasteiger charge is 2.40. The highest BCUT2D eigenvalue weighted by atomic mass is 16.5. The molecule has 130 valence electrons. The summed E-state index contributed by atoms with van der Waals surface area (Å²) in [6.07, 6.45) is 1.31. The molecular weight excluding hydrogens is 324 g/mol. The number of hydrogen-bond acceptors (Lipinski definition) is 7. The lowest BCUT2D eigenvalue weighted by atomic mass is 10.1. The Balaban J connectivity index is 2.41. The molecule has 25 heavy (non-hydrogen) atoms. The van der Waals surface area contributed by atoms with Gasteiger partial charge in [-0.05, 0) is 25.0 Å². The molecule has 0 saturated carbocycles. The molecule has 8 heteroatoms. The molecule has 1 aliphatic heterocycles. The van der Waals surface area contributed by atoms with Gasteiger partial charge in [-0.2, -0.15) is 10.4 Å². The van der Waals surface area contributed by atoms with Crippen LogP contribution < -0.4 is 5.43 Å². The Labute approximate surface area is 145 Å². The summed E-state index contributed by atoms with van der Waals surface area (Å²) in [4.78, 5) is 38.0. The zero-order chi connectivity index (χ0) is 18.6. The van der Waals surface area contributed by atoms with Crippen LogP contribution in [0.5, 0.6) is 0 Å². The molecule has 0 fully saturated rings. The minimum atomic E-state index is -0.899. The third kappa shape index (κ3) is 3.21. The van der Waals surface area contributed by atoms with Gasteiger partial charge in [-0.3, -0.25) is 19.9 Å². The fourth-order valence-electron chi connectivity index (χ4n) is 2.71. The first-order chi connectivity index (χ1) is 12.0. The Kier molecular flexibility index (Phi) is 5.49. The number of imide groups is 1. The number of fused-ring (bicyclic) bond motifs is 1. The van der Waals surface area contributed by atoms with E-state index in [1.807, 2.05) is 13.8 Å². The predicted octanol–water partition coefficient (Wildman–Crippen LogP) is 1.94. The molecule has 1 heterocycles. The van der Waals surface area contributed by atoms with E-state index in [1.54, 1.807) is 24.3 Å². The summed E-state index contributed by atoms with van der Waals surface area (Å²) in [5, 5.41) is 12.6. The Bertz CT molecular complexity index is 790. The molecule has 1 aliphatic rings. The molecule has 8 nitrogen and oxygen atoms in total. The number of benzene rings is 1. The number of rotatable bonds is 6. The molecule has 0 atom stereocenters. The topological polar surface area (TPSA) is 112 Å². The number of hydrazone groups is 1. The van der Waals surface area contributed by atoms with Crippen molar-refractivity contribution in [2.24, 2.45) is 5.10 Å². The summed E-state index contributed by atoms with van der Waals surface area (Å²) in [7, 11) is 1.13. The van der Waals surface area contributed by atoms with Crippen molar-refractivity contribution in [1.82, 2.24) is 4.90 Å². The van der Waals surface area contributed by atoms with Crippen LogP contribution in [0.25, 0.3) is 0 Å². The van der Waals surface area contributed by atoms with E-state index in [0.717, 1.165) is 7.11 Å². The Morgan fingerprint density at radius 3 is 2.56 bits per heavy atom. The van der Waals surface area contributed by atoms with Gasteiger partial charge in [-0.25, -0.2) is 4.79 Å². The number of hydrogen-bond donors (Lipinski definition) is 1. The molecule has 0 spiro atoms.